The molecule has 0 unspecified atom stereocenters. The van der Waals surface area contributed by atoms with Crippen molar-refractivity contribution in [2.24, 2.45) is 5.92 Å². The van der Waals surface area contributed by atoms with Crippen LogP contribution in [-0.4, -0.2) is 11.9 Å². The van der Waals surface area contributed by atoms with E-state index in [1.54, 1.807) is 18.2 Å². The minimum Gasteiger partial charge on any atom is -0.307 e. The Morgan fingerprint density at radius 3 is 2.71 bits per heavy atom. The molecule has 0 bridgehead atoms. The van der Waals surface area contributed by atoms with Gasteiger partial charge in [-0.05, 0) is 37.5 Å². The first-order valence-corrected chi connectivity index (χ1v) is 5.82. The minimum atomic E-state index is -0.507. The molecule has 0 saturated heterocycles. The molecule has 1 saturated carbocycles. The maximum atomic E-state index is 11.5. The van der Waals surface area contributed by atoms with Gasteiger partial charge in [0.2, 0.25) is 5.91 Å². The van der Waals surface area contributed by atoms with Crippen molar-refractivity contribution >= 4 is 29.2 Å². The van der Waals surface area contributed by atoms with Crippen molar-refractivity contribution in [2.45, 2.75) is 19.8 Å². The number of carbonyl (C=O) groups is 2. The van der Waals surface area contributed by atoms with Crippen LogP contribution in [0.2, 0.25) is 5.02 Å². The number of urea groups is 1. The zero-order chi connectivity index (χ0) is 12.4. The molecule has 1 fully saturated rings. The quantitative estimate of drug-likeness (QED) is 0.850. The largest absolute Gasteiger partial charge is 0.325 e. The predicted molar refractivity (Wildman–Crippen MR) is 66.1 cm³/mol. The van der Waals surface area contributed by atoms with Gasteiger partial charge in [-0.25, -0.2) is 4.79 Å². The van der Waals surface area contributed by atoms with Gasteiger partial charge in [0.1, 0.15) is 0 Å². The average Bonchev–Trinajstić information content (AvgIpc) is 3.06. The number of amides is 3. The van der Waals surface area contributed by atoms with E-state index in [9.17, 15) is 9.59 Å². The predicted octanol–water partition coefficient (Wildman–Crippen LogP) is 2.71. The topological polar surface area (TPSA) is 58.2 Å². The first-order valence-electron chi connectivity index (χ1n) is 5.44. The van der Waals surface area contributed by atoms with E-state index >= 15 is 0 Å². The van der Waals surface area contributed by atoms with Crippen LogP contribution in [0.25, 0.3) is 0 Å². The third kappa shape index (κ3) is 3.20. The van der Waals surface area contributed by atoms with E-state index in [1.165, 1.54) is 0 Å². The van der Waals surface area contributed by atoms with Crippen molar-refractivity contribution in [3.8, 4) is 0 Å². The number of nitrogens with one attached hydrogen (secondary N) is 2. The Morgan fingerprint density at radius 1 is 1.35 bits per heavy atom. The maximum absolute atomic E-state index is 11.5. The molecule has 1 aliphatic carbocycles. The zero-order valence-corrected chi connectivity index (χ0v) is 10.2. The van der Waals surface area contributed by atoms with Crippen LogP contribution in [0.4, 0.5) is 10.5 Å². The molecule has 2 rings (SSSR count). The maximum Gasteiger partial charge on any atom is 0.325 e. The number of aryl methyl sites for hydroxylation is 1. The van der Waals surface area contributed by atoms with Crippen LogP contribution in [0.15, 0.2) is 18.2 Å². The lowest BCUT2D eigenvalue weighted by molar-refractivity contribution is -0.121. The average molecular weight is 253 g/mol. The van der Waals surface area contributed by atoms with Crippen LogP contribution >= 0.6 is 11.6 Å². The van der Waals surface area contributed by atoms with Crippen molar-refractivity contribution in [3.63, 3.8) is 0 Å². The lowest BCUT2D eigenvalue weighted by Crippen LogP contribution is -2.35. The number of hydrogen-bond donors (Lipinski definition) is 2. The van der Waals surface area contributed by atoms with E-state index in [0.29, 0.717) is 10.7 Å². The Kier molecular flexibility index (Phi) is 3.33. The molecular weight excluding hydrogens is 240 g/mol. The molecule has 1 aliphatic rings. The second kappa shape index (κ2) is 4.75. The Hall–Kier alpha value is -1.55. The Bertz CT molecular complexity index is 470. The Labute approximate surface area is 104 Å². The summed E-state index contributed by atoms with van der Waals surface area (Å²) < 4.78 is 0. The smallest absolute Gasteiger partial charge is 0.307 e. The van der Waals surface area contributed by atoms with Gasteiger partial charge in [-0.1, -0.05) is 17.7 Å². The summed E-state index contributed by atoms with van der Waals surface area (Å²) >= 11 is 5.83. The number of carbonyl (C=O) groups excluding carboxylic acids is 2. The van der Waals surface area contributed by atoms with E-state index in [2.05, 4.69) is 10.6 Å². The Balaban J connectivity index is 1.97. The first kappa shape index (κ1) is 11.9. The summed E-state index contributed by atoms with van der Waals surface area (Å²) in [7, 11) is 0. The molecule has 1 aromatic rings. The van der Waals surface area contributed by atoms with Gasteiger partial charge < -0.3 is 5.32 Å². The second-order valence-electron chi connectivity index (χ2n) is 4.18. The molecule has 90 valence electrons. The van der Waals surface area contributed by atoms with E-state index in [0.717, 1.165) is 18.4 Å². The molecule has 0 heterocycles. The normalized spacial score (nSPS) is 14.2. The fraction of sp³-hybridized carbons (Fsp3) is 0.333. The number of hydrogen-bond acceptors (Lipinski definition) is 2. The highest BCUT2D eigenvalue weighted by atomic mass is 35.5. The number of anilines is 1. The van der Waals surface area contributed by atoms with Gasteiger partial charge in [-0.3, -0.25) is 10.1 Å². The van der Waals surface area contributed by atoms with E-state index in [-0.39, 0.29) is 11.8 Å². The third-order valence-corrected chi connectivity index (χ3v) is 2.87. The minimum absolute atomic E-state index is 0.0150. The summed E-state index contributed by atoms with van der Waals surface area (Å²) in [5.74, 6) is -0.191. The lowest BCUT2D eigenvalue weighted by atomic mass is 10.2. The van der Waals surface area contributed by atoms with Gasteiger partial charge in [-0.15, -0.1) is 0 Å². The van der Waals surface area contributed by atoms with Crippen molar-refractivity contribution in [2.75, 3.05) is 5.32 Å². The van der Waals surface area contributed by atoms with E-state index < -0.39 is 6.03 Å². The molecule has 0 radical (unpaired) electrons. The highest BCUT2D eigenvalue weighted by molar-refractivity contribution is 6.31. The molecule has 1 aromatic carbocycles. The molecule has 0 aromatic heterocycles. The van der Waals surface area contributed by atoms with Crippen LogP contribution in [0, 0.1) is 12.8 Å². The van der Waals surface area contributed by atoms with Gasteiger partial charge in [0.25, 0.3) is 0 Å². The van der Waals surface area contributed by atoms with Crippen LogP contribution in [0.5, 0.6) is 0 Å². The molecule has 17 heavy (non-hydrogen) atoms. The van der Waals surface area contributed by atoms with Crippen molar-refractivity contribution < 1.29 is 9.59 Å². The summed E-state index contributed by atoms with van der Waals surface area (Å²) in [6.07, 6.45) is 1.74. The summed E-state index contributed by atoms with van der Waals surface area (Å²) in [4.78, 5) is 22.9. The molecule has 4 nitrogen and oxygen atoms in total. The SMILES string of the molecule is Cc1ccc(Cl)cc1NC(=O)NC(=O)C1CC1. The summed E-state index contributed by atoms with van der Waals surface area (Å²) in [6.45, 7) is 1.86. The van der Waals surface area contributed by atoms with Crippen LogP contribution in [0.1, 0.15) is 18.4 Å². The number of rotatable bonds is 2. The van der Waals surface area contributed by atoms with Crippen LogP contribution < -0.4 is 10.6 Å². The third-order valence-electron chi connectivity index (χ3n) is 2.63. The molecule has 2 N–H and O–H groups in total. The lowest BCUT2D eigenvalue weighted by Gasteiger charge is -2.09. The van der Waals surface area contributed by atoms with Gasteiger partial charge in [0.15, 0.2) is 0 Å². The number of imide groups is 1. The highest BCUT2D eigenvalue weighted by Gasteiger charge is 2.30. The van der Waals surface area contributed by atoms with Crippen molar-refractivity contribution in [1.82, 2.24) is 5.32 Å². The highest BCUT2D eigenvalue weighted by Crippen LogP contribution is 2.28. The van der Waals surface area contributed by atoms with Crippen molar-refractivity contribution in [3.05, 3.63) is 28.8 Å². The molecular formula is C12H13ClN2O2. The second-order valence-corrected chi connectivity index (χ2v) is 4.61. The molecule has 5 heteroatoms. The van der Waals surface area contributed by atoms with Crippen LogP contribution in [-0.2, 0) is 4.79 Å². The monoisotopic (exact) mass is 252 g/mol. The van der Waals surface area contributed by atoms with Gasteiger partial charge in [0, 0.05) is 16.6 Å². The fourth-order valence-corrected chi connectivity index (χ4v) is 1.61. The number of halogens is 1. The number of benzene rings is 1. The molecule has 3 amide bonds. The summed E-state index contributed by atoms with van der Waals surface area (Å²) in [6, 6.07) is 4.70. The van der Waals surface area contributed by atoms with Gasteiger partial charge in [-0.2, -0.15) is 0 Å². The Morgan fingerprint density at radius 2 is 2.06 bits per heavy atom. The zero-order valence-electron chi connectivity index (χ0n) is 9.42. The van der Waals surface area contributed by atoms with Crippen LogP contribution in [0.3, 0.4) is 0 Å². The molecule has 0 spiro atoms. The van der Waals surface area contributed by atoms with Gasteiger partial charge >= 0.3 is 6.03 Å². The summed E-state index contributed by atoms with van der Waals surface area (Å²) in [5, 5.41) is 5.46. The fourth-order valence-electron chi connectivity index (χ4n) is 1.44. The standard InChI is InChI=1S/C12H13ClN2O2/c1-7-2-5-9(13)6-10(7)14-12(17)15-11(16)8-3-4-8/h2,5-6,8H,3-4H2,1H3,(H2,14,15,16,17). The first-order chi connectivity index (χ1) is 8.06. The molecule has 0 atom stereocenters. The van der Waals surface area contributed by atoms with E-state index in [1.807, 2.05) is 6.92 Å². The van der Waals surface area contributed by atoms with E-state index in [4.69, 9.17) is 11.6 Å². The molecule has 0 aliphatic heterocycles. The van der Waals surface area contributed by atoms with Crippen molar-refractivity contribution in [1.29, 1.82) is 0 Å². The summed E-state index contributed by atoms with van der Waals surface area (Å²) in [5.41, 5.74) is 1.50. The van der Waals surface area contributed by atoms with Gasteiger partial charge in [0.05, 0.1) is 0 Å².